The number of hydrogen-bond acceptors (Lipinski definition) is 8. The molecule has 1 aromatic heterocycles. The van der Waals surface area contributed by atoms with Crippen molar-refractivity contribution in [2.24, 2.45) is 5.10 Å². The van der Waals surface area contributed by atoms with E-state index in [2.05, 4.69) is 35.9 Å². The van der Waals surface area contributed by atoms with Crippen LogP contribution >= 0.6 is 0 Å². The quantitative estimate of drug-likeness (QED) is 0.132. The number of methoxy groups -OCH3 is 1. The normalized spacial score (nSPS) is 12.0. The number of hydrogen-bond donors (Lipinski definition) is 3. The molecule has 8 nitrogen and oxygen atoms in total. The van der Waals surface area contributed by atoms with Crippen LogP contribution in [-0.4, -0.2) is 42.8 Å². The molecule has 0 aliphatic rings. The number of anilines is 4. The Hall–Kier alpha value is -4.14. The molecule has 0 fully saturated rings. The summed E-state index contributed by atoms with van der Waals surface area (Å²) in [4.78, 5) is 8.29. The fraction of sp³-hybridized carbons (Fsp3) is 0.227. The lowest BCUT2D eigenvalue weighted by Crippen LogP contribution is -2.17. The third-order valence-corrected chi connectivity index (χ3v) is 4.37. The number of alkyl halides is 6. The zero-order chi connectivity index (χ0) is 27.1. The average Bonchev–Trinajstić information content (AvgIpc) is 2.80. The molecular formula is C22H19F7N6O2. The van der Waals surface area contributed by atoms with Crippen LogP contribution in [0.2, 0.25) is 0 Å². The first-order valence-electron chi connectivity index (χ1n) is 10.3. The first-order valence-corrected chi connectivity index (χ1v) is 10.3. The number of ether oxygens (including phenoxy) is 2. The Kier molecular flexibility index (Phi) is 8.70. The van der Waals surface area contributed by atoms with E-state index in [9.17, 15) is 30.7 Å². The third-order valence-electron chi connectivity index (χ3n) is 4.37. The third kappa shape index (κ3) is 8.79. The highest BCUT2D eigenvalue weighted by Gasteiger charge is 2.34. The lowest BCUT2D eigenvalue weighted by Gasteiger charge is -2.13. The summed E-state index contributed by atoms with van der Waals surface area (Å²) < 4.78 is 98.3. The van der Waals surface area contributed by atoms with Crippen molar-refractivity contribution >= 4 is 29.5 Å². The van der Waals surface area contributed by atoms with E-state index in [1.165, 1.54) is 31.5 Å². The molecule has 0 atom stereocenters. The number of aromatic nitrogens is 2. The fourth-order valence-electron chi connectivity index (χ4n) is 2.82. The average molecular weight is 532 g/mol. The molecule has 0 bridgehead atoms. The van der Waals surface area contributed by atoms with Gasteiger partial charge in [0.15, 0.2) is 0 Å². The molecule has 15 heteroatoms. The molecule has 0 saturated carbocycles. The standard InChI is InChI=1S/C22H19F7N6O2/c1-36-9-8-30-18-11-19(32-14-4-7-17(23)16(10-14)21(24,25)26)34-20(33-18)35-31-12-13-2-5-15(6-3-13)37-22(27,28)29/h2-7,10-12H,8-9H2,1H3,(H3,30,32,33,34,35)/b31-12+. The zero-order valence-corrected chi connectivity index (χ0v) is 18.9. The summed E-state index contributed by atoms with van der Waals surface area (Å²) in [5.74, 6) is -1.57. The predicted octanol–water partition coefficient (Wildman–Crippen LogP) is 5.78. The van der Waals surface area contributed by atoms with Gasteiger partial charge in [0.25, 0.3) is 0 Å². The van der Waals surface area contributed by atoms with Crippen molar-refractivity contribution in [3.05, 3.63) is 65.5 Å². The van der Waals surface area contributed by atoms with Crippen molar-refractivity contribution in [1.82, 2.24) is 9.97 Å². The van der Waals surface area contributed by atoms with Crippen LogP contribution in [-0.2, 0) is 10.9 Å². The Morgan fingerprint density at radius 3 is 2.30 bits per heavy atom. The Balaban J connectivity index is 1.78. The van der Waals surface area contributed by atoms with Crippen LogP contribution in [0.5, 0.6) is 5.75 Å². The topological polar surface area (TPSA) is 92.7 Å². The van der Waals surface area contributed by atoms with E-state index in [1.54, 1.807) is 0 Å². The Labute approximate surface area is 205 Å². The first-order chi connectivity index (χ1) is 17.4. The summed E-state index contributed by atoms with van der Waals surface area (Å²) in [6, 6.07) is 8.66. The van der Waals surface area contributed by atoms with E-state index >= 15 is 0 Å². The van der Waals surface area contributed by atoms with Crippen molar-refractivity contribution < 1.29 is 40.2 Å². The van der Waals surface area contributed by atoms with E-state index < -0.39 is 29.7 Å². The number of benzene rings is 2. The van der Waals surface area contributed by atoms with Crippen LogP contribution in [0.15, 0.2) is 53.6 Å². The van der Waals surface area contributed by atoms with Gasteiger partial charge in [0.2, 0.25) is 5.95 Å². The van der Waals surface area contributed by atoms with Gasteiger partial charge in [0.05, 0.1) is 18.4 Å². The van der Waals surface area contributed by atoms with Gasteiger partial charge in [-0.2, -0.15) is 28.2 Å². The molecule has 0 aliphatic carbocycles. The van der Waals surface area contributed by atoms with E-state index in [1.807, 2.05) is 0 Å². The zero-order valence-electron chi connectivity index (χ0n) is 18.9. The molecule has 3 aromatic rings. The van der Waals surface area contributed by atoms with Crippen molar-refractivity contribution in [3.8, 4) is 5.75 Å². The van der Waals surface area contributed by atoms with Gasteiger partial charge in [0.1, 0.15) is 23.2 Å². The molecule has 1 heterocycles. The SMILES string of the molecule is COCCNc1cc(Nc2ccc(F)c(C(F)(F)F)c2)nc(N/N=C/c2ccc(OC(F)(F)F)cc2)n1. The fourth-order valence-corrected chi connectivity index (χ4v) is 2.82. The molecule has 37 heavy (non-hydrogen) atoms. The molecule has 0 amide bonds. The van der Waals surface area contributed by atoms with Crippen molar-refractivity contribution in [3.63, 3.8) is 0 Å². The second-order valence-electron chi connectivity index (χ2n) is 7.19. The van der Waals surface area contributed by atoms with Crippen LogP contribution < -0.4 is 20.8 Å². The maximum Gasteiger partial charge on any atom is 0.573 e. The Bertz CT molecular complexity index is 1220. The second-order valence-corrected chi connectivity index (χ2v) is 7.19. The molecule has 0 radical (unpaired) electrons. The van der Waals surface area contributed by atoms with Gasteiger partial charge in [-0.3, -0.25) is 0 Å². The molecule has 3 N–H and O–H groups in total. The van der Waals surface area contributed by atoms with Gasteiger partial charge >= 0.3 is 12.5 Å². The first kappa shape index (κ1) is 27.4. The van der Waals surface area contributed by atoms with Gasteiger partial charge in [-0.1, -0.05) is 0 Å². The second kappa shape index (κ2) is 11.7. The minimum Gasteiger partial charge on any atom is -0.406 e. The highest BCUT2D eigenvalue weighted by atomic mass is 19.4. The van der Waals surface area contributed by atoms with Crippen LogP contribution in [0.25, 0.3) is 0 Å². The maximum atomic E-state index is 13.6. The summed E-state index contributed by atoms with van der Waals surface area (Å²) in [6.45, 7) is 0.672. The molecule has 198 valence electrons. The van der Waals surface area contributed by atoms with Crippen molar-refractivity contribution in [2.45, 2.75) is 12.5 Å². The highest BCUT2D eigenvalue weighted by molar-refractivity contribution is 5.80. The number of hydrazone groups is 1. The van der Waals surface area contributed by atoms with Gasteiger partial charge in [-0.15, -0.1) is 13.2 Å². The van der Waals surface area contributed by atoms with Gasteiger partial charge < -0.3 is 20.1 Å². The van der Waals surface area contributed by atoms with E-state index in [-0.39, 0.29) is 23.3 Å². The minimum absolute atomic E-state index is 0.0565. The molecular weight excluding hydrogens is 513 g/mol. The Morgan fingerprint density at radius 1 is 0.946 bits per heavy atom. The van der Waals surface area contributed by atoms with Crippen LogP contribution in [0.4, 0.5) is 54.0 Å². The molecule has 0 saturated heterocycles. The summed E-state index contributed by atoms with van der Waals surface area (Å²) in [5, 5.41) is 9.52. The molecule has 0 unspecified atom stereocenters. The lowest BCUT2D eigenvalue weighted by molar-refractivity contribution is -0.274. The van der Waals surface area contributed by atoms with E-state index in [4.69, 9.17) is 4.74 Å². The number of nitrogens with zero attached hydrogens (tertiary/aromatic N) is 3. The van der Waals surface area contributed by atoms with Gasteiger partial charge in [-0.25, -0.2) is 9.82 Å². The smallest absolute Gasteiger partial charge is 0.406 e. The highest BCUT2D eigenvalue weighted by Crippen LogP contribution is 2.33. The summed E-state index contributed by atoms with van der Waals surface area (Å²) in [7, 11) is 1.49. The molecule has 3 rings (SSSR count). The maximum absolute atomic E-state index is 13.6. The molecule has 0 spiro atoms. The predicted molar refractivity (Wildman–Crippen MR) is 121 cm³/mol. The summed E-state index contributed by atoms with van der Waals surface area (Å²) in [6.07, 6.45) is -8.43. The molecule has 2 aromatic carbocycles. The summed E-state index contributed by atoms with van der Waals surface area (Å²) >= 11 is 0. The van der Waals surface area contributed by atoms with E-state index in [0.29, 0.717) is 30.8 Å². The van der Waals surface area contributed by atoms with Crippen molar-refractivity contribution in [1.29, 1.82) is 0 Å². The number of halogens is 7. The van der Waals surface area contributed by atoms with Crippen molar-refractivity contribution in [2.75, 3.05) is 36.3 Å². The largest absolute Gasteiger partial charge is 0.573 e. The van der Waals surface area contributed by atoms with Crippen LogP contribution in [0, 0.1) is 5.82 Å². The summed E-state index contributed by atoms with van der Waals surface area (Å²) in [5.41, 5.74) is 1.43. The molecule has 0 aliphatic heterocycles. The van der Waals surface area contributed by atoms with Gasteiger partial charge in [-0.05, 0) is 48.0 Å². The lowest BCUT2D eigenvalue weighted by atomic mass is 10.2. The minimum atomic E-state index is -4.89. The van der Waals surface area contributed by atoms with E-state index in [0.717, 1.165) is 18.2 Å². The monoisotopic (exact) mass is 532 g/mol. The number of rotatable bonds is 10. The Morgan fingerprint density at radius 2 is 1.65 bits per heavy atom. The van der Waals surface area contributed by atoms with Crippen LogP contribution in [0.3, 0.4) is 0 Å². The van der Waals surface area contributed by atoms with Crippen LogP contribution in [0.1, 0.15) is 11.1 Å². The van der Waals surface area contributed by atoms with Gasteiger partial charge in [0, 0.05) is 25.4 Å². The number of nitrogens with one attached hydrogen (secondary N) is 3.